The Morgan fingerprint density at radius 2 is 1.94 bits per heavy atom. The number of rotatable bonds is 9. The van der Waals surface area contributed by atoms with E-state index < -0.39 is 17.4 Å². The van der Waals surface area contributed by atoms with Crippen LogP contribution in [0.3, 0.4) is 0 Å². The molecule has 0 saturated carbocycles. The molecule has 0 bridgehead atoms. The fourth-order valence-electron chi connectivity index (χ4n) is 2.57. The van der Waals surface area contributed by atoms with Crippen molar-refractivity contribution in [2.45, 2.75) is 13.2 Å². The average molecular weight is 469 g/mol. The molecule has 0 aliphatic carbocycles. The van der Waals surface area contributed by atoms with Crippen LogP contribution in [0.4, 0.5) is 20.2 Å². The number of furan rings is 1. The van der Waals surface area contributed by atoms with Crippen LogP contribution >= 0.6 is 11.6 Å². The monoisotopic (exact) mass is 468 g/mol. The number of hydrogen-bond acceptors (Lipinski definition) is 7. The van der Waals surface area contributed by atoms with E-state index in [1.807, 2.05) is 0 Å². The van der Waals surface area contributed by atoms with E-state index in [1.54, 1.807) is 0 Å². The number of hydrogen-bond donors (Lipinski definition) is 1. The molecule has 168 valence electrons. The lowest BCUT2D eigenvalue weighted by Crippen LogP contribution is -2.11. The molecule has 1 N–H and O–H groups in total. The summed E-state index contributed by atoms with van der Waals surface area (Å²) in [5.74, 6) is -0.504. The molecule has 1 aromatic heterocycles. The van der Waals surface area contributed by atoms with Crippen molar-refractivity contribution in [3.63, 3.8) is 0 Å². The standard InChI is InChI=1S/C20H15ClF2N2O7/c1-29-18-8-11(2-6-15(18)32-20(22)23)24-19(26)16-7-4-13(31-16)10-30-17-9-12(25(27)28)3-5-14(17)21/h2-9,20H,10H2,1H3,(H,24,26). The Hall–Kier alpha value is -3.86. The topological polar surface area (TPSA) is 113 Å². The molecule has 0 fully saturated rings. The molecule has 2 aromatic carbocycles. The molecule has 0 aliphatic heterocycles. The first-order valence-corrected chi connectivity index (χ1v) is 9.24. The number of benzene rings is 2. The third-order valence-corrected chi connectivity index (χ3v) is 4.33. The van der Waals surface area contributed by atoms with E-state index in [9.17, 15) is 23.7 Å². The Morgan fingerprint density at radius 1 is 1.16 bits per heavy atom. The van der Waals surface area contributed by atoms with Gasteiger partial charge in [-0.1, -0.05) is 11.6 Å². The molecule has 0 atom stereocenters. The van der Waals surface area contributed by atoms with Gasteiger partial charge < -0.3 is 23.9 Å². The lowest BCUT2D eigenvalue weighted by atomic mass is 10.2. The lowest BCUT2D eigenvalue weighted by Gasteiger charge is -2.11. The highest BCUT2D eigenvalue weighted by Crippen LogP contribution is 2.32. The van der Waals surface area contributed by atoms with Crippen LogP contribution in [0.15, 0.2) is 52.9 Å². The minimum absolute atomic E-state index is 0.00506. The maximum absolute atomic E-state index is 12.4. The van der Waals surface area contributed by atoms with Crippen molar-refractivity contribution in [3.05, 3.63) is 75.2 Å². The first-order valence-electron chi connectivity index (χ1n) is 8.86. The number of nitro benzene ring substituents is 1. The number of anilines is 1. The van der Waals surface area contributed by atoms with Gasteiger partial charge in [-0.15, -0.1) is 0 Å². The summed E-state index contributed by atoms with van der Waals surface area (Å²) >= 11 is 5.97. The van der Waals surface area contributed by atoms with E-state index in [4.69, 9.17) is 25.5 Å². The van der Waals surface area contributed by atoms with E-state index in [2.05, 4.69) is 10.1 Å². The number of ether oxygens (including phenoxy) is 3. The molecule has 32 heavy (non-hydrogen) atoms. The van der Waals surface area contributed by atoms with E-state index in [0.717, 1.165) is 0 Å². The SMILES string of the molecule is COc1cc(NC(=O)c2ccc(COc3cc([N+](=O)[O-])ccc3Cl)o2)ccc1OC(F)F. The average Bonchev–Trinajstić information content (AvgIpc) is 3.23. The summed E-state index contributed by atoms with van der Waals surface area (Å²) < 4.78 is 45.0. The summed E-state index contributed by atoms with van der Waals surface area (Å²) in [5, 5.41) is 13.6. The second-order valence-electron chi connectivity index (χ2n) is 6.12. The minimum atomic E-state index is -3.02. The van der Waals surface area contributed by atoms with Crippen molar-refractivity contribution >= 4 is 28.9 Å². The van der Waals surface area contributed by atoms with Crippen LogP contribution in [0.25, 0.3) is 0 Å². The fraction of sp³-hybridized carbons (Fsp3) is 0.150. The van der Waals surface area contributed by atoms with Crippen molar-refractivity contribution in [1.82, 2.24) is 0 Å². The lowest BCUT2D eigenvalue weighted by molar-refractivity contribution is -0.384. The number of methoxy groups -OCH3 is 1. The maximum Gasteiger partial charge on any atom is 0.387 e. The zero-order valence-electron chi connectivity index (χ0n) is 16.3. The predicted octanol–water partition coefficient (Wildman–Crippen LogP) is 5.28. The second-order valence-corrected chi connectivity index (χ2v) is 6.53. The van der Waals surface area contributed by atoms with Gasteiger partial charge >= 0.3 is 6.61 Å². The molecule has 1 amide bonds. The molecule has 3 aromatic rings. The van der Waals surface area contributed by atoms with Crippen molar-refractivity contribution in [3.8, 4) is 17.2 Å². The van der Waals surface area contributed by atoms with E-state index >= 15 is 0 Å². The number of carbonyl (C=O) groups is 1. The van der Waals surface area contributed by atoms with Gasteiger partial charge in [0.1, 0.15) is 18.1 Å². The second kappa shape index (κ2) is 9.96. The largest absolute Gasteiger partial charge is 0.493 e. The van der Waals surface area contributed by atoms with Crippen molar-refractivity contribution < 1.29 is 37.1 Å². The highest BCUT2D eigenvalue weighted by Gasteiger charge is 2.16. The number of non-ortho nitro benzene ring substituents is 1. The van der Waals surface area contributed by atoms with Gasteiger partial charge in [-0.2, -0.15) is 8.78 Å². The summed E-state index contributed by atoms with van der Waals surface area (Å²) in [6.07, 6.45) is 0. The van der Waals surface area contributed by atoms with Gasteiger partial charge in [0.2, 0.25) is 0 Å². The summed E-state index contributed by atoms with van der Waals surface area (Å²) in [5.41, 5.74) is 0.0651. The molecular formula is C20H15ClF2N2O7. The Kier molecular flexibility index (Phi) is 7.11. The Labute approximate surface area is 184 Å². The van der Waals surface area contributed by atoms with Gasteiger partial charge in [0.15, 0.2) is 17.3 Å². The van der Waals surface area contributed by atoms with Crippen LogP contribution in [-0.4, -0.2) is 24.6 Å². The van der Waals surface area contributed by atoms with Crippen LogP contribution in [0.2, 0.25) is 5.02 Å². The van der Waals surface area contributed by atoms with E-state index in [1.165, 1.54) is 55.6 Å². The number of alkyl halides is 2. The van der Waals surface area contributed by atoms with Crippen molar-refractivity contribution in [2.24, 2.45) is 0 Å². The number of nitrogens with one attached hydrogen (secondary N) is 1. The van der Waals surface area contributed by atoms with E-state index in [0.29, 0.717) is 0 Å². The van der Waals surface area contributed by atoms with Gasteiger partial charge in [0, 0.05) is 17.8 Å². The van der Waals surface area contributed by atoms with Crippen LogP contribution in [0.1, 0.15) is 16.3 Å². The summed E-state index contributed by atoms with van der Waals surface area (Å²) in [4.78, 5) is 22.7. The van der Waals surface area contributed by atoms with Crippen molar-refractivity contribution in [2.75, 3.05) is 12.4 Å². The predicted molar refractivity (Wildman–Crippen MR) is 109 cm³/mol. The maximum atomic E-state index is 12.4. The molecule has 1 heterocycles. The summed E-state index contributed by atoms with van der Waals surface area (Å²) in [6.45, 7) is -3.16. The van der Waals surface area contributed by atoms with Gasteiger partial charge in [-0.05, 0) is 30.3 Å². The quantitative estimate of drug-likeness (QED) is 0.335. The zero-order valence-corrected chi connectivity index (χ0v) is 17.1. The molecule has 0 saturated heterocycles. The fourth-order valence-corrected chi connectivity index (χ4v) is 2.75. The molecule has 0 aliphatic rings. The molecule has 9 nitrogen and oxygen atoms in total. The highest BCUT2D eigenvalue weighted by atomic mass is 35.5. The molecule has 0 spiro atoms. The number of nitro groups is 1. The van der Waals surface area contributed by atoms with Gasteiger partial charge in [0.05, 0.1) is 23.1 Å². The first-order chi connectivity index (χ1) is 15.3. The normalized spacial score (nSPS) is 10.7. The molecule has 3 rings (SSSR count). The van der Waals surface area contributed by atoms with Gasteiger partial charge in [-0.3, -0.25) is 14.9 Å². The summed E-state index contributed by atoms with van der Waals surface area (Å²) in [7, 11) is 1.27. The number of carbonyl (C=O) groups excluding carboxylic acids is 1. The summed E-state index contributed by atoms with van der Waals surface area (Å²) in [6, 6.07) is 10.5. The van der Waals surface area contributed by atoms with Crippen LogP contribution in [0.5, 0.6) is 17.2 Å². The van der Waals surface area contributed by atoms with Gasteiger partial charge in [0.25, 0.3) is 11.6 Å². The first kappa shape index (κ1) is 22.8. The molecule has 0 radical (unpaired) electrons. The third kappa shape index (κ3) is 5.64. The van der Waals surface area contributed by atoms with Crippen molar-refractivity contribution in [1.29, 1.82) is 0 Å². The zero-order chi connectivity index (χ0) is 23.3. The molecular weight excluding hydrogens is 454 g/mol. The Bertz CT molecular complexity index is 1140. The van der Waals surface area contributed by atoms with Crippen LogP contribution < -0.4 is 19.5 Å². The van der Waals surface area contributed by atoms with Crippen LogP contribution in [-0.2, 0) is 6.61 Å². The number of amides is 1. The smallest absolute Gasteiger partial charge is 0.387 e. The Balaban J connectivity index is 1.65. The van der Waals surface area contributed by atoms with E-state index in [-0.39, 0.29) is 51.8 Å². The van der Waals surface area contributed by atoms with Crippen LogP contribution in [0, 0.1) is 10.1 Å². The highest BCUT2D eigenvalue weighted by molar-refractivity contribution is 6.32. The third-order valence-electron chi connectivity index (χ3n) is 4.02. The number of nitrogens with zero attached hydrogens (tertiary/aromatic N) is 1. The molecule has 12 heteroatoms. The number of halogens is 3. The molecule has 0 unspecified atom stereocenters. The van der Waals surface area contributed by atoms with Gasteiger partial charge in [-0.25, -0.2) is 0 Å². The Morgan fingerprint density at radius 3 is 2.62 bits per heavy atom. The minimum Gasteiger partial charge on any atom is -0.493 e.